The van der Waals surface area contributed by atoms with Crippen molar-refractivity contribution in [2.24, 2.45) is 11.8 Å². The Morgan fingerprint density at radius 1 is 1.37 bits per heavy atom. The van der Waals surface area contributed by atoms with Crippen molar-refractivity contribution in [2.45, 2.75) is 60.3 Å². The maximum Gasteiger partial charge on any atom is -0.0199 e. The van der Waals surface area contributed by atoms with Gasteiger partial charge in [-0.05, 0) is 56.1 Å². The van der Waals surface area contributed by atoms with Crippen molar-refractivity contribution in [1.82, 2.24) is 0 Å². The zero-order chi connectivity index (χ0) is 14.4. The maximum absolute atomic E-state index is 4.04. The summed E-state index contributed by atoms with van der Waals surface area (Å²) >= 11 is 0. The molecule has 0 saturated carbocycles. The lowest BCUT2D eigenvalue weighted by molar-refractivity contribution is 0.374. The van der Waals surface area contributed by atoms with Crippen LogP contribution in [0.25, 0.3) is 0 Å². The lowest BCUT2D eigenvalue weighted by Crippen LogP contribution is -2.08. The van der Waals surface area contributed by atoms with Crippen LogP contribution >= 0.6 is 0 Å². The first-order chi connectivity index (χ1) is 9.01. The summed E-state index contributed by atoms with van der Waals surface area (Å²) in [6, 6.07) is 0. The molecule has 0 aromatic carbocycles. The molecule has 0 aromatic heterocycles. The molecule has 0 amide bonds. The van der Waals surface area contributed by atoms with Crippen LogP contribution in [0.2, 0.25) is 0 Å². The van der Waals surface area contributed by atoms with Crippen molar-refractivity contribution in [1.29, 1.82) is 0 Å². The van der Waals surface area contributed by atoms with Crippen LogP contribution in [0.5, 0.6) is 0 Å². The molecule has 0 saturated heterocycles. The summed E-state index contributed by atoms with van der Waals surface area (Å²) in [4.78, 5) is 0. The van der Waals surface area contributed by atoms with Gasteiger partial charge in [-0.25, -0.2) is 0 Å². The van der Waals surface area contributed by atoms with E-state index >= 15 is 0 Å². The first-order valence-corrected chi connectivity index (χ1v) is 7.70. The fourth-order valence-corrected chi connectivity index (χ4v) is 2.81. The summed E-state index contributed by atoms with van der Waals surface area (Å²) in [5.74, 6) is 1.53. The third-order valence-corrected chi connectivity index (χ3v) is 4.63. The number of rotatable bonds is 6. The zero-order valence-corrected chi connectivity index (χ0v) is 13.4. The lowest BCUT2D eigenvalue weighted by Gasteiger charge is -2.21. The molecule has 0 bridgehead atoms. The molecular weight excluding hydrogens is 228 g/mol. The smallest absolute Gasteiger partial charge is 0.0199 e. The van der Waals surface area contributed by atoms with Crippen LogP contribution in [0.15, 0.2) is 47.1 Å². The van der Waals surface area contributed by atoms with Gasteiger partial charge >= 0.3 is 0 Å². The van der Waals surface area contributed by atoms with Crippen LogP contribution in [0.3, 0.4) is 0 Å². The summed E-state index contributed by atoms with van der Waals surface area (Å²) in [7, 11) is 0. The van der Waals surface area contributed by atoms with Gasteiger partial charge in [0.15, 0.2) is 0 Å². The van der Waals surface area contributed by atoms with E-state index < -0.39 is 0 Å². The Bertz CT molecular complexity index is 404. The van der Waals surface area contributed by atoms with Crippen LogP contribution in [-0.2, 0) is 0 Å². The molecule has 106 valence electrons. The van der Waals surface area contributed by atoms with E-state index in [4.69, 9.17) is 0 Å². The normalized spacial score (nSPS) is 20.1. The Balaban J connectivity index is 2.97. The average Bonchev–Trinajstić information content (AvgIpc) is 2.40. The van der Waals surface area contributed by atoms with Crippen LogP contribution in [-0.4, -0.2) is 0 Å². The minimum atomic E-state index is 0.744. The van der Waals surface area contributed by atoms with E-state index in [1.54, 1.807) is 0 Å². The fourth-order valence-electron chi connectivity index (χ4n) is 2.81. The summed E-state index contributed by atoms with van der Waals surface area (Å²) in [6.07, 6.45) is 11.4. The van der Waals surface area contributed by atoms with Crippen LogP contribution in [0.1, 0.15) is 60.3 Å². The Labute approximate surface area is 120 Å². The second-order valence-corrected chi connectivity index (χ2v) is 6.10. The summed E-state index contributed by atoms with van der Waals surface area (Å²) in [5, 5.41) is 0. The highest BCUT2D eigenvalue weighted by Crippen LogP contribution is 2.31. The molecule has 0 aromatic rings. The van der Waals surface area contributed by atoms with Crippen molar-refractivity contribution in [3.8, 4) is 0 Å². The summed E-state index contributed by atoms with van der Waals surface area (Å²) in [6.45, 7) is 15.6. The molecule has 0 radical (unpaired) electrons. The highest BCUT2D eigenvalue weighted by Gasteiger charge is 2.14. The van der Waals surface area contributed by atoms with Gasteiger partial charge in [0.25, 0.3) is 0 Å². The van der Waals surface area contributed by atoms with Gasteiger partial charge in [-0.3, -0.25) is 0 Å². The average molecular weight is 258 g/mol. The van der Waals surface area contributed by atoms with Gasteiger partial charge in [0, 0.05) is 0 Å². The van der Waals surface area contributed by atoms with E-state index in [0.717, 1.165) is 11.8 Å². The molecule has 19 heavy (non-hydrogen) atoms. The van der Waals surface area contributed by atoms with Crippen LogP contribution < -0.4 is 0 Å². The van der Waals surface area contributed by atoms with Crippen LogP contribution in [0, 0.1) is 11.8 Å². The number of allylic oxidation sites excluding steroid dienone is 7. The molecule has 2 atom stereocenters. The highest BCUT2D eigenvalue weighted by atomic mass is 14.2. The van der Waals surface area contributed by atoms with Gasteiger partial charge in [-0.1, -0.05) is 63.1 Å². The Morgan fingerprint density at radius 3 is 2.58 bits per heavy atom. The minimum Gasteiger partial charge on any atom is -0.0985 e. The largest absolute Gasteiger partial charge is 0.0985 e. The predicted octanol–water partition coefficient (Wildman–Crippen LogP) is 6.23. The third kappa shape index (κ3) is 4.23. The molecule has 1 aliphatic carbocycles. The van der Waals surface area contributed by atoms with Crippen molar-refractivity contribution in [2.75, 3.05) is 0 Å². The van der Waals surface area contributed by atoms with E-state index in [-0.39, 0.29) is 0 Å². The zero-order valence-electron chi connectivity index (χ0n) is 13.4. The predicted molar refractivity (Wildman–Crippen MR) is 87.2 cm³/mol. The number of hydrogen-bond donors (Lipinski definition) is 0. The van der Waals surface area contributed by atoms with Gasteiger partial charge in [0.2, 0.25) is 0 Å². The molecule has 1 rings (SSSR count). The van der Waals surface area contributed by atoms with Crippen molar-refractivity contribution in [3.05, 3.63) is 47.1 Å². The van der Waals surface area contributed by atoms with Crippen molar-refractivity contribution < 1.29 is 0 Å². The molecule has 1 aliphatic rings. The van der Waals surface area contributed by atoms with Crippen LogP contribution in [0.4, 0.5) is 0 Å². The molecule has 0 spiro atoms. The van der Waals surface area contributed by atoms with E-state index in [2.05, 4.69) is 53.3 Å². The molecule has 0 heteroatoms. The quantitative estimate of drug-likeness (QED) is 0.495. The number of hydrogen-bond acceptors (Lipinski definition) is 0. The topological polar surface area (TPSA) is 0 Å². The van der Waals surface area contributed by atoms with E-state index in [1.807, 2.05) is 6.08 Å². The third-order valence-electron chi connectivity index (χ3n) is 4.63. The summed E-state index contributed by atoms with van der Waals surface area (Å²) < 4.78 is 0. The van der Waals surface area contributed by atoms with Crippen molar-refractivity contribution in [3.63, 3.8) is 0 Å². The first-order valence-electron chi connectivity index (χ1n) is 7.70. The first kappa shape index (κ1) is 16.0. The second kappa shape index (κ2) is 7.53. The standard InChI is InChI=1S/C19H30/c1-7-14(3)16(5)13-17(6)18(8-2)19-12-10-9-11-15(19)4/h8,10,12,14,16H,2,7,9,11,13H2,1,3-6H3/b18-17-. The fraction of sp³-hybridized carbons (Fsp3) is 0.579. The van der Waals surface area contributed by atoms with Gasteiger partial charge in [-0.15, -0.1) is 0 Å². The summed E-state index contributed by atoms with van der Waals surface area (Å²) in [5.41, 5.74) is 5.77. The Hall–Kier alpha value is -1.04. The molecule has 2 unspecified atom stereocenters. The van der Waals surface area contributed by atoms with Gasteiger partial charge in [-0.2, -0.15) is 0 Å². The monoisotopic (exact) mass is 258 g/mol. The minimum absolute atomic E-state index is 0.744. The van der Waals surface area contributed by atoms with E-state index in [0.29, 0.717) is 0 Å². The second-order valence-electron chi connectivity index (χ2n) is 6.10. The van der Waals surface area contributed by atoms with Gasteiger partial charge < -0.3 is 0 Å². The lowest BCUT2D eigenvalue weighted by atomic mass is 9.84. The molecular formula is C19H30. The molecule has 0 heterocycles. The van der Waals surface area contributed by atoms with E-state index in [1.165, 1.54) is 48.0 Å². The Morgan fingerprint density at radius 2 is 2.05 bits per heavy atom. The highest BCUT2D eigenvalue weighted by molar-refractivity contribution is 5.51. The SMILES string of the molecule is C=C/C(C1=C(C)CCC=C1)=C(\C)CC(C)C(C)CC. The van der Waals surface area contributed by atoms with Gasteiger partial charge in [0.05, 0.1) is 0 Å². The molecule has 0 fully saturated rings. The maximum atomic E-state index is 4.04. The Kier molecular flexibility index (Phi) is 6.34. The molecule has 0 N–H and O–H groups in total. The molecule has 0 aliphatic heterocycles. The van der Waals surface area contributed by atoms with Crippen molar-refractivity contribution >= 4 is 0 Å². The van der Waals surface area contributed by atoms with Gasteiger partial charge in [0.1, 0.15) is 0 Å². The van der Waals surface area contributed by atoms with E-state index in [9.17, 15) is 0 Å². The molecule has 0 nitrogen and oxygen atoms in total.